The van der Waals surface area contributed by atoms with E-state index in [0.29, 0.717) is 26.2 Å². The maximum Gasteiger partial charge on any atom is 0.410 e. The van der Waals surface area contributed by atoms with E-state index in [9.17, 15) is 4.79 Å². The number of rotatable bonds is 3. The molecule has 168 valence electrons. The minimum atomic E-state index is -0.274. The first-order valence-electron chi connectivity index (χ1n) is 11.5. The van der Waals surface area contributed by atoms with Gasteiger partial charge in [0.05, 0.1) is 31.0 Å². The van der Waals surface area contributed by atoms with Crippen molar-refractivity contribution in [3.05, 3.63) is 82.8 Å². The Morgan fingerprint density at radius 1 is 1.06 bits per heavy atom. The van der Waals surface area contributed by atoms with Crippen LogP contribution in [-0.2, 0) is 9.47 Å². The minimum absolute atomic E-state index is 0.0515. The van der Waals surface area contributed by atoms with E-state index in [1.165, 1.54) is 27.8 Å². The molecule has 3 aromatic rings. The second-order valence-corrected chi connectivity index (χ2v) is 9.07. The van der Waals surface area contributed by atoms with Crippen LogP contribution in [0.4, 0.5) is 4.79 Å². The van der Waals surface area contributed by atoms with E-state index >= 15 is 0 Å². The number of aryl methyl sites for hydroxylation is 2. The lowest BCUT2D eigenvalue weighted by molar-refractivity contribution is -0.0331. The van der Waals surface area contributed by atoms with Gasteiger partial charge in [-0.3, -0.25) is 4.90 Å². The van der Waals surface area contributed by atoms with Gasteiger partial charge < -0.3 is 14.0 Å². The van der Waals surface area contributed by atoms with Crippen LogP contribution in [0.2, 0.25) is 0 Å². The van der Waals surface area contributed by atoms with E-state index in [1.807, 2.05) is 30.9 Å². The second-order valence-electron chi connectivity index (χ2n) is 9.07. The number of hydrogen-bond acceptors (Lipinski definition) is 5. The number of benzene rings is 2. The van der Waals surface area contributed by atoms with Crippen LogP contribution in [0.15, 0.2) is 59.1 Å². The topological polar surface area (TPSA) is 64.8 Å². The number of hydrogen-bond donors (Lipinski definition) is 0. The van der Waals surface area contributed by atoms with E-state index in [2.05, 4.69) is 47.6 Å². The third-order valence-corrected chi connectivity index (χ3v) is 7.10. The molecule has 1 fully saturated rings. The number of morpholine rings is 1. The summed E-state index contributed by atoms with van der Waals surface area (Å²) < 4.78 is 17.1. The maximum absolute atomic E-state index is 13.3. The predicted octanol–water partition coefficient (Wildman–Crippen LogP) is 5.10. The summed E-state index contributed by atoms with van der Waals surface area (Å²) in [7, 11) is 0. The molecule has 6 nitrogen and oxygen atoms in total. The molecule has 0 spiro atoms. The average molecular weight is 443 g/mol. The summed E-state index contributed by atoms with van der Waals surface area (Å²) in [6.07, 6.45) is 2.54. The summed E-state index contributed by atoms with van der Waals surface area (Å²) >= 11 is 0. The molecule has 3 aliphatic rings. The van der Waals surface area contributed by atoms with Crippen LogP contribution in [0.5, 0.6) is 0 Å². The molecule has 1 amide bonds. The third kappa shape index (κ3) is 3.28. The van der Waals surface area contributed by atoms with Crippen molar-refractivity contribution in [1.29, 1.82) is 0 Å². The number of fused-ring (bicyclic) bond motifs is 5. The summed E-state index contributed by atoms with van der Waals surface area (Å²) in [6, 6.07) is 16.5. The van der Waals surface area contributed by atoms with Gasteiger partial charge in [-0.05, 0) is 48.1 Å². The maximum atomic E-state index is 13.3. The molecule has 3 heterocycles. The number of carbonyl (C=O) groups is 1. The van der Waals surface area contributed by atoms with Crippen molar-refractivity contribution in [2.24, 2.45) is 0 Å². The molecule has 0 radical (unpaired) electrons. The van der Waals surface area contributed by atoms with Gasteiger partial charge in [0.25, 0.3) is 0 Å². The third-order valence-electron chi connectivity index (χ3n) is 7.10. The Balaban J connectivity index is 1.23. The lowest BCUT2D eigenvalue weighted by atomic mass is 9.89. The first-order valence-corrected chi connectivity index (χ1v) is 11.5. The van der Waals surface area contributed by atoms with Gasteiger partial charge in [-0.2, -0.15) is 0 Å². The van der Waals surface area contributed by atoms with Gasteiger partial charge in [0, 0.05) is 11.5 Å². The van der Waals surface area contributed by atoms with Crippen LogP contribution in [0.25, 0.3) is 16.7 Å². The highest BCUT2D eigenvalue weighted by atomic mass is 16.6. The van der Waals surface area contributed by atoms with Gasteiger partial charge in [0.2, 0.25) is 0 Å². The van der Waals surface area contributed by atoms with Crippen LogP contribution in [0, 0.1) is 13.8 Å². The molecule has 6 heteroatoms. The van der Waals surface area contributed by atoms with Crippen molar-refractivity contribution in [1.82, 2.24) is 10.1 Å². The Morgan fingerprint density at radius 2 is 1.76 bits per heavy atom. The van der Waals surface area contributed by atoms with Crippen LogP contribution in [0.3, 0.4) is 0 Å². The summed E-state index contributed by atoms with van der Waals surface area (Å²) in [5.41, 5.74) is 8.00. The fraction of sp³-hybridized carbons (Fsp3) is 0.333. The largest absolute Gasteiger partial charge is 0.448 e. The van der Waals surface area contributed by atoms with Crippen molar-refractivity contribution in [3.63, 3.8) is 0 Å². The first kappa shape index (κ1) is 20.2. The van der Waals surface area contributed by atoms with Gasteiger partial charge in [0.15, 0.2) is 0 Å². The number of ether oxygens (including phenoxy) is 2. The summed E-state index contributed by atoms with van der Waals surface area (Å²) in [4.78, 5) is 15.2. The normalized spacial score (nSPS) is 21.4. The Kier molecular flexibility index (Phi) is 4.84. The monoisotopic (exact) mass is 442 g/mol. The molecule has 1 aliphatic carbocycles. The predicted molar refractivity (Wildman–Crippen MR) is 124 cm³/mol. The number of carbonyl (C=O) groups excluding carboxylic acids is 1. The number of amides is 1. The average Bonchev–Trinajstić information content (AvgIpc) is 3.33. The zero-order chi connectivity index (χ0) is 22.5. The Hall–Kier alpha value is -3.38. The first-order chi connectivity index (χ1) is 16.1. The van der Waals surface area contributed by atoms with Crippen molar-refractivity contribution in [2.45, 2.75) is 38.3 Å². The fourth-order valence-electron chi connectivity index (χ4n) is 5.68. The van der Waals surface area contributed by atoms with Gasteiger partial charge >= 0.3 is 6.09 Å². The molecule has 1 aromatic heterocycles. The molecular formula is C27H26N2O4. The summed E-state index contributed by atoms with van der Waals surface area (Å²) in [6.45, 7) is 5.18. The zero-order valence-electron chi connectivity index (χ0n) is 18.8. The quantitative estimate of drug-likeness (QED) is 0.565. The molecule has 0 saturated carbocycles. The smallest absolute Gasteiger partial charge is 0.410 e. The van der Waals surface area contributed by atoms with E-state index in [4.69, 9.17) is 14.0 Å². The second kappa shape index (κ2) is 7.89. The van der Waals surface area contributed by atoms with E-state index in [-0.39, 0.29) is 24.1 Å². The van der Waals surface area contributed by atoms with Crippen molar-refractivity contribution in [2.75, 3.05) is 19.8 Å². The Morgan fingerprint density at radius 3 is 2.39 bits per heavy atom. The molecule has 33 heavy (non-hydrogen) atoms. The van der Waals surface area contributed by atoms with Crippen molar-refractivity contribution < 1.29 is 18.8 Å². The molecule has 0 N–H and O–H groups in total. The minimum Gasteiger partial charge on any atom is -0.448 e. The highest BCUT2D eigenvalue weighted by molar-refractivity contribution is 5.79. The summed E-state index contributed by atoms with van der Waals surface area (Å²) in [5, 5.41) is 4.10. The molecule has 2 aliphatic heterocycles. The Bertz CT molecular complexity index is 1200. The molecule has 2 bridgehead atoms. The molecule has 2 atom stereocenters. The van der Waals surface area contributed by atoms with E-state index in [0.717, 1.165) is 17.0 Å². The molecule has 6 rings (SSSR count). The highest BCUT2D eigenvalue weighted by Crippen LogP contribution is 2.44. The molecular weight excluding hydrogens is 416 g/mol. The molecule has 1 saturated heterocycles. The number of aromatic nitrogens is 1. The van der Waals surface area contributed by atoms with E-state index in [1.54, 1.807) is 0 Å². The number of nitrogens with zero attached hydrogens (tertiary/aromatic N) is 2. The van der Waals surface area contributed by atoms with Crippen LogP contribution >= 0.6 is 0 Å². The fourth-order valence-corrected chi connectivity index (χ4v) is 5.68. The van der Waals surface area contributed by atoms with Gasteiger partial charge in [-0.25, -0.2) is 4.79 Å². The van der Waals surface area contributed by atoms with Crippen LogP contribution in [0.1, 0.15) is 40.5 Å². The SMILES string of the molecule is Cc1noc(C)c1C1=CC2COCC(C1)N2C(=O)OCC1c2ccccc2-c2ccccc21. The highest BCUT2D eigenvalue weighted by Gasteiger charge is 2.40. The van der Waals surface area contributed by atoms with Gasteiger partial charge in [0.1, 0.15) is 12.4 Å². The van der Waals surface area contributed by atoms with Crippen LogP contribution < -0.4 is 0 Å². The zero-order valence-corrected chi connectivity index (χ0v) is 18.8. The Labute approximate surface area is 192 Å². The van der Waals surface area contributed by atoms with E-state index < -0.39 is 0 Å². The summed E-state index contributed by atoms with van der Waals surface area (Å²) in [5.74, 6) is 0.864. The lowest BCUT2D eigenvalue weighted by Crippen LogP contribution is -2.56. The van der Waals surface area contributed by atoms with Crippen molar-refractivity contribution >= 4 is 11.7 Å². The van der Waals surface area contributed by atoms with Crippen molar-refractivity contribution in [3.8, 4) is 11.1 Å². The van der Waals surface area contributed by atoms with Gasteiger partial charge in [-0.1, -0.05) is 59.8 Å². The van der Waals surface area contributed by atoms with Gasteiger partial charge in [-0.15, -0.1) is 0 Å². The standard InChI is InChI=1S/C27H26N2O4/c1-16-26(17(2)33-28-16)18-11-19-13-31-14-20(12-18)29(19)27(30)32-15-25-23-9-5-3-7-21(23)22-8-4-6-10-24(22)25/h3-11,19-20,25H,12-15H2,1-2H3. The molecule has 2 unspecified atom stereocenters. The lowest BCUT2D eigenvalue weighted by Gasteiger charge is -2.43. The molecule has 2 aromatic carbocycles. The van der Waals surface area contributed by atoms with Crippen LogP contribution in [-0.4, -0.2) is 48.1 Å².